The molecule has 148 valence electrons. The van der Waals surface area contributed by atoms with Gasteiger partial charge in [0, 0.05) is 19.0 Å². The van der Waals surface area contributed by atoms with Crippen molar-refractivity contribution < 1.29 is 17.6 Å². The fourth-order valence-corrected chi connectivity index (χ4v) is 7.18. The minimum atomic E-state index is -3.78. The standard InChI is InChI=1S/C15H26FN5O3S2/c1-8-17-18-13(25-8)21-11-7-12(26(23,24)19-15(2)4-5-15)9(16)6-10(11)20(3)14(21)22/h8-13,17-19H,4-7H2,1-3H3. The van der Waals surface area contributed by atoms with E-state index in [1.54, 1.807) is 28.6 Å². The maximum atomic E-state index is 14.8. The van der Waals surface area contributed by atoms with Gasteiger partial charge in [-0.2, -0.15) is 0 Å². The predicted octanol–water partition coefficient (Wildman–Crippen LogP) is 0.534. The van der Waals surface area contributed by atoms with Gasteiger partial charge in [0.25, 0.3) is 0 Å². The van der Waals surface area contributed by atoms with Crippen LogP contribution in [-0.4, -0.2) is 71.2 Å². The number of thioether (sulfide) groups is 1. The van der Waals surface area contributed by atoms with Gasteiger partial charge >= 0.3 is 6.03 Å². The highest BCUT2D eigenvalue weighted by Gasteiger charge is 2.56. The minimum absolute atomic E-state index is 0.0477. The second-order valence-electron chi connectivity index (χ2n) is 8.09. The van der Waals surface area contributed by atoms with Crippen LogP contribution in [0.1, 0.15) is 39.5 Å². The molecule has 2 aliphatic carbocycles. The zero-order chi connectivity index (χ0) is 18.9. The SMILES string of the molecule is CC1NNC(N2C(=O)N(C)C3CC(F)C(S(=O)(=O)NC4(C)CC4)CC32)S1. The molecule has 4 aliphatic rings. The summed E-state index contributed by atoms with van der Waals surface area (Å²) >= 11 is 1.55. The molecule has 2 saturated carbocycles. The van der Waals surface area contributed by atoms with E-state index in [4.69, 9.17) is 0 Å². The van der Waals surface area contributed by atoms with Crippen molar-refractivity contribution in [2.24, 2.45) is 0 Å². The summed E-state index contributed by atoms with van der Waals surface area (Å²) in [5, 5.41) is -0.995. The normalized spacial score (nSPS) is 42.2. The van der Waals surface area contributed by atoms with Crippen LogP contribution in [0.15, 0.2) is 0 Å². The van der Waals surface area contributed by atoms with Crippen LogP contribution in [0, 0.1) is 0 Å². The number of carbonyl (C=O) groups is 1. The van der Waals surface area contributed by atoms with Gasteiger partial charge in [-0.15, -0.1) is 11.8 Å². The van der Waals surface area contributed by atoms with Crippen molar-refractivity contribution in [3.05, 3.63) is 0 Å². The summed E-state index contributed by atoms with van der Waals surface area (Å²) in [7, 11) is -2.12. The van der Waals surface area contributed by atoms with Crippen LogP contribution in [0.4, 0.5) is 9.18 Å². The van der Waals surface area contributed by atoms with Crippen LogP contribution in [0.2, 0.25) is 0 Å². The molecule has 0 aromatic rings. The highest BCUT2D eigenvalue weighted by Crippen LogP contribution is 2.42. The Hall–Kier alpha value is -0.620. The summed E-state index contributed by atoms with van der Waals surface area (Å²) in [5.41, 5.74) is 5.42. The van der Waals surface area contributed by atoms with Gasteiger partial charge in [-0.1, -0.05) is 0 Å². The van der Waals surface area contributed by atoms with Crippen molar-refractivity contribution in [2.75, 3.05) is 7.05 Å². The Balaban J connectivity index is 1.57. The van der Waals surface area contributed by atoms with E-state index in [0.717, 1.165) is 12.8 Å². The highest BCUT2D eigenvalue weighted by atomic mass is 32.2. The van der Waals surface area contributed by atoms with E-state index in [2.05, 4.69) is 15.6 Å². The fraction of sp³-hybridized carbons (Fsp3) is 0.933. The lowest BCUT2D eigenvalue weighted by molar-refractivity contribution is 0.133. The zero-order valence-corrected chi connectivity index (χ0v) is 16.7. The van der Waals surface area contributed by atoms with Gasteiger partial charge < -0.3 is 4.90 Å². The Morgan fingerprint density at radius 3 is 2.54 bits per heavy atom. The van der Waals surface area contributed by atoms with Crippen LogP contribution in [0.25, 0.3) is 0 Å². The number of hydrazine groups is 1. The van der Waals surface area contributed by atoms with E-state index in [0.29, 0.717) is 0 Å². The topological polar surface area (TPSA) is 93.8 Å². The van der Waals surface area contributed by atoms with Crippen molar-refractivity contribution in [3.8, 4) is 0 Å². The van der Waals surface area contributed by atoms with Crippen molar-refractivity contribution in [1.29, 1.82) is 0 Å². The minimum Gasteiger partial charge on any atom is -0.322 e. The number of amides is 2. The van der Waals surface area contributed by atoms with Crippen LogP contribution < -0.4 is 15.6 Å². The summed E-state index contributed by atoms with van der Waals surface area (Å²) in [5.74, 6) is 0. The summed E-state index contributed by atoms with van der Waals surface area (Å²) in [6, 6.07) is -0.822. The number of alkyl halides is 1. The number of fused-ring (bicyclic) bond motifs is 1. The molecule has 2 heterocycles. The summed E-state index contributed by atoms with van der Waals surface area (Å²) in [4.78, 5) is 16.0. The number of rotatable bonds is 4. The molecule has 6 unspecified atom stereocenters. The summed E-state index contributed by atoms with van der Waals surface area (Å²) < 4.78 is 43.1. The molecule has 0 spiro atoms. The molecule has 6 atom stereocenters. The Bertz CT molecular complexity index is 703. The van der Waals surface area contributed by atoms with Crippen LogP contribution in [0.3, 0.4) is 0 Å². The van der Waals surface area contributed by atoms with Crippen molar-refractivity contribution in [1.82, 2.24) is 25.4 Å². The number of halogens is 1. The van der Waals surface area contributed by atoms with Gasteiger partial charge in [-0.3, -0.25) is 4.90 Å². The molecule has 8 nitrogen and oxygen atoms in total. The van der Waals surface area contributed by atoms with Crippen molar-refractivity contribution in [2.45, 2.75) is 79.4 Å². The molecule has 2 saturated heterocycles. The van der Waals surface area contributed by atoms with E-state index < -0.39 is 27.0 Å². The second kappa shape index (κ2) is 6.20. The summed E-state index contributed by atoms with van der Waals surface area (Å²) in [6.45, 7) is 3.82. The van der Waals surface area contributed by atoms with E-state index in [1.807, 2.05) is 13.8 Å². The molecule has 0 aromatic carbocycles. The number of nitrogens with zero attached hydrogens (tertiary/aromatic N) is 2. The smallest absolute Gasteiger partial charge is 0.322 e. The lowest BCUT2D eigenvalue weighted by atomic mass is 9.88. The maximum Gasteiger partial charge on any atom is 0.322 e. The molecule has 2 amide bonds. The molecule has 0 radical (unpaired) electrons. The number of hydrogen-bond acceptors (Lipinski definition) is 6. The first-order valence-corrected chi connectivity index (χ1v) is 11.5. The van der Waals surface area contributed by atoms with Gasteiger partial charge in [0.2, 0.25) is 10.0 Å². The number of sulfonamides is 1. The molecule has 4 rings (SSSR count). The van der Waals surface area contributed by atoms with E-state index >= 15 is 0 Å². The predicted molar refractivity (Wildman–Crippen MR) is 97.3 cm³/mol. The molecule has 2 aliphatic heterocycles. The molecular formula is C15H26FN5O3S2. The third-order valence-electron chi connectivity index (χ3n) is 5.95. The van der Waals surface area contributed by atoms with E-state index in [-0.39, 0.29) is 41.8 Å². The first kappa shape index (κ1) is 18.7. The Morgan fingerprint density at radius 1 is 1.27 bits per heavy atom. The Kier molecular flexibility index (Phi) is 4.46. The molecule has 0 bridgehead atoms. The van der Waals surface area contributed by atoms with Gasteiger partial charge in [0.1, 0.15) is 16.9 Å². The quantitative estimate of drug-likeness (QED) is 0.630. The van der Waals surface area contributed by atoms with Crippen molar-refractivity contribution >= 4 is 27.8 Å². The number of hydrogen-bond donors (Lipinski definition) is 3. The largest absolute Gasteiger partial charge is 0.322 e. The van der Waals surface area contributed by atoms with Crippen LogP contribution in [0.5, 0.6) is 0 Å². The molecule has 11 heteroatoms. The molecule has 3 N–H and O–H groups in total. The average Bonchev–Trinajstić information content (AvgIpc) is 3.01. The summed E-state index contributed by atoms with van der Waals surface area (Å²) in [6.07, 6.45) is 0.239. The first-order chi connectivity index (χ1) is 12.1. The fourth-order valence-electron chi connectivity index (χ4n) is 4.15. The average molecular weight is 408 g/mol. The third-order valence-corrected chi connectivity index (χ3v) is 9.14. The van der Waals surface area contributed by atoms with Crippen molar-refractivity contribution in [3.63, 3.8) is 0 Å². The van der Waals surface area contributed by atoms with Gasteiger partial charge in [0.15, 0.2) is 0 Å². The lowest BCUT2D eigenvalue weighted by Crippen LogP contribution is -2.56. The number of nitrogens with one attached hydrogen (secondary N) is 3. The number of carbonyl (C=O) groups excluding carboxylic acids is 1. The Labute approximate surface area is 157 Å². The van der Waals surface area contributed by atoms with E-state index in [1.165, 1.54) is 0 Å². The molecule has 26 heavy (non-hydrogen) atoms. The second-order valence-corrected chi connectivity index (χ2v) is 11.4. The van der Waals surface area contributed by atoms with Gasteiger partial charge in [-0.05, 0) is 33.1 Å². The first-order valence-electron chi connectivity index (χ1n) is 9.00. The van der Waals surface area contributed by atoms with E-state index in [9.17, 15) is 17.6 Å². The monoisotopic (exact) mass is 407 g/mol. The van der Waals surface area contributed by atoms with Gasteiger partial charge in [-0.25, -0.2) is 33.2 Å². The lowest BCUT2D eigenvalue weighted by Gasteiger charge is -2.38. The molecule has 4 fully saturated rings. The Morgan fingerprint density at radius 2 is 1.96 bits per heavy atom. The number of urea groups is 1. The third kappa shape index (κ3) is 3.11. The zero-order valence-electron chi connectivity index (χ0n) is 15.1. The van der Waals surface area contributed by atoms with Gasteiger partial charge in [0.05, 0.1) is 17.5 Å². The number of likely N-dealkylation sites (N-methyl/N-ethyl adjacent to an activating group) is 1. The maximum absolute atomic E-state index is 14.8. The molecule has 0 aromatic heterocycles. The van der Waals surface area contributed by atoms with Crippen LogP contribution >= 0.6 is 11.8 Å². The highest BCUT2D eigenvalue weighted by molar-refractivity contribution is 8.00. The molecular weight excluding hydrogens is 381 g/mol. The van der Waals surface area contributed by atoms with Crippen LogP contribution in [-0.2, 0) is 10.0 Å².